The van der Waals surface area contributed by atoms with Crippen LogP contribution in [0.1, 0.15) is 0 Å². The standard InChI is InChI=1S/C38H21NOS2/c1-4-13-31-25(8-1)29-20-22(24-11-7-12-27-26-9-3-6-15-34(26)41-37(24)27)16-18-32(29)39(31)23-17-19-35-30(21-23)36-28-10-2-5-14-33(28)40-38(36)42-35/h1-21H. The molecular formula is C38H21NOS2. The van der Waals surface area contributed by atoms with Crippen molar-refractivity contribution < 1.29 is 4.42 Å². The maximum atomic E-state index is 6.23. The first-order valence-corrected chi connectivity index (χ1v) is 15.7. The second kappa shape index (κ2) is 8.32. The Morgan fingerprint density at radius 2 is 1.26 bits per heavy atom. The van der Waals surface area contributed by atoms with Gasteiger partial charge in [-0.2, -0.15) is 0 Å². The molecule has 0 unspecified atom stereocenters. The molecule has 10 rings (SSSR count). The number of hydrogen-bond donors (Lipinski definition) is 0. The maximum absolute atomic E-state index is 6.23. The van der Waals surface area contributed by atoms with Crippen LogP contribution in [-0.2, 0) is 0 Å². The van der Waals surface area contributed by atoms with E-state index in [2.05, 4.69) is 126 Å². The van der Waals surface area contributed by atoms with Gasteiger partial charge in [-0.15, -0.1) is 11.3 Å². The molecule has 0 saturated heterocycles. The van der Waals surface area contributed by atoms with Gasteiger partial charge in [-0.05, 0) is 59.7 Å². The van der Waals surface area contributed by atoms with E-state index in [-0.39, 0.29) is 0 Å². The molecule has 42 heavy (non-hydrogen) atoms. The minimum Gasteiger partial charge on any atom is -0.445 e. The number of aromatic nitrogens is 1. The lowest BCUT2D eigenvalue weighted by Crippen LogP contribution is -1.93. The Morgan fingerprint density at radius 1 is 0.500 bits per heavy atom. The van der Waals surface area contributed by atoms with E-state index in [1.807, 2.05) is 17.4 Å². The zero-order chi connectivity index (χ0) is 27.4. The number of nitrogens with zero attached hydrogens (tertiary/aromatic N) is 1. The summed E-state index contributed by atoms with van der Waals surface area (Å²) in [5, 5.41) is 8.84. The smallest absolute Gasteiger partial charge is 0.190 e. The van der Waals surface area contributed by atoms with E-state index in [9.17, 15) is 0 Å². The second-order valence-electron chi connectivity index (χ2n) is 10.9. The maximum Gasteiger partial charge on any atom is 0.190 e. The number of para-hydroxylation sites is 2. The molecule has 6 aromatic carbocycles. The fourth-order valence-corrected chi connectivity index (χ4v) is 9.08. The van der Waals surface area contributed by atoms with Gasteiger partial charge in [0.1, 0.15) is 5.58 Å². The first-order valence-electron chi connectivity index (χ1n) is 14.1. The summed E-state index contributed by atoms with van der Waals surface area (Å²) in [6.07, 6.45) is 0. The Morgan fingerprint density at radius 3 is 2.21 bits per heavy atom. The molecule has 0 amide bonds. The van der Waals surface area contributed by atoms with Crippen LogP contribution < -0.4 is 0 Å². The molecular weight excluding hydrogens is 551 g/mol. The van der Waals surface area contributed by atoms with E-state index in [1.165, 1.54) is 74.0 Å². The quantitative estimate of drug-likeness (QED) is 0.202. The summed E-state index contributed by atoms with van der Waals surface area (Å²) in [6, 6.07) is 46.4. The van der Waals surface area contributed by atoms with Crippen molar-refractivity contribution in [2.45, 2.75) is 0 Å². The Balaban J connectivity index is 1.23. The average Bonchev–Trinajstić information content (AvgIpc) is 3.78. The normalized spacial score (nSPS) is 12.3. The van der Waals surface area contributed by atoms with Crippen molar-refractivity contribution >= 4 is 96.0 Å². The lowest BCUT2D eigenvalue weighted by atomic mass is 10.0. The fourth-order valence-electron chi connectivity index (χ4n) is 6.78. The summed E-state index contributed by atoms with van der Waals surface area (Å²) >= 11 is 3.61. The average molecular weight is 572 g/mol. The zero-order valence-corrected chi connectivity index (χ0v) is 23.9. The van der Waals surface area contributed by atoms with Crippen molar-refractivity contribution in [3.8, 4) is 16.8 Å². The first kappa shape index (κ1) is 22.8. The van der Waals surface area contributed by atoms with Crippen LogP contribution in [0.4, 0.5) is 0 Å². The molecule has 0 radical (unpaired) electrons. The van der Waals surface area contributed by atoms with E-state index >= 15 is 0 Å². The zero-order valence-electron chi connectivity index (χ0n) is 22.3. The number of rotatable bonds is 2. The Hall–Kier alpha value is -4.90. The minimum atomic E-state index is 0.948. The van der Waals surface area contributed by atoms with Crippen molar-refractivity contribution in [3.63, 3.8) is 0 Å². The minimum absolute atomic E-state index is 0.948. The van der Waals surface area contributed by atoms with Gasteiger partial charge in [-0.25, -0.2) is 0 Å². The number of benzene rings is 6. The van der Waals surface area contributed by atoms with Crippen LogP contribution in [0, 0.1) is 0 Å². The highest BCUT2D eigenvalue weighted by Crippen LogP contribution is 2.44. The van der Waals surface area contributed by atoms with Crippen molar-refractivity contribution in [3.05, 3.63) is 127 Å². The molecule has 0 aliphatic heterocycles. The van der Waals surface area contributed by atoms with Gasteiger partial charge in [0.15, 0.2) is 4.90 Å². The molecule has 10 aromatic rings. The van der Waals surface area contributed by atoms with Crippen LogP contribution in [0.5, 0.6) is 0 Å². The summed E-state index contributed by atoms with van der Waals surface area (Å²) in [6.45, 7) is 0. The number of hydrogen-bond acceptors (Lipinski definition) is 3. The molecule has 196 valence electrons. The van der Waals surface area contributed by atoms with Crippen molar-refractivity contribution in [2.75, 3.05) is 0 Å². The van der Waals surface area contributed by atoms with E-state index in [4.69, 9.17) is 4.42 Å². The summed E-state index contributed by atoms with van der Waals surface area (Å²) in [5.74, 6) is 0. The van der Waals surface area contributed by atoms with Gasteiger partial charge >= 0.3 is 0 Å². The van der Waals surface area contributed by atoms with Crippen molar-refractivity contribution in [2.24, 2.45) is 0 Å². The largest absolute Gasteiger partial charge is 0.445 e. The molecule has 2 nitrogen and oxygen atoms in total. The highest BCUT2D eigenvalue weighted by Gasteiger charge is 2.18. The van der Waals surface area contributed by atoms with Gasteiger partial charge in [0.25, 0.3) is 0 Å². The van der Waals surface area contributed by atoms with Crippen LogP contribution in [0.15, 0.2) is 132 Å². The van der Waals surface area contributed by atoms with E-state index < -0.39 is 0 Å². The number of thiophene rings is 2. The molecule has 4 heteroatoms. The van der Waals surface area contributed by atoms with Crippen LogP contribution in [0.3, 0.4) is 0 Å². The van der Waals surface area contributed by atoms with Gasteiger partial charge < -0.3 is 8.98 Å². The van der Waals surface area contributed by atoms with Gasteiger partial charge in [0, 0.05) is 57.5 Å². The molecule has 0 fully saturated rings. The Kier molecular flexibility index (Phi) is 4.51. The van der Waals surface area contributed by atoms with Crippen LogP contribution >= 0.6 is 22.7 Å². The van der Waals surface area contributed by atoms with Gasteiger partial charge in [-0.3, -0.25) is 0 Å². The van der Waals surface area contributed by atoms with Gasteiger partial charge in [0.05, 0.1) is 11.0 Å². The lowest BCUT2D eigenvalue weighted by molar-refractivity contribution is 0.678. The fraction of sp³-hybridized carbons (Fsp3) is 0. The van der Waals surface area contributed by atoms with Crippen LogP contribution in [-0.4, -0.2) is 4.57 Å². The second-order valence-corrected chi connectivity index (χ2v) is 13.0. The monoisotopic (exact) mass is 571 g/mol. The van der Waals surface area contributed by atoms with E-state index in [0.717, 1.165) is 16.2 Å². The Bertz CT molecular complexity index is 2700. The molecule has 0 bridgehead atoms. The first-order chi connectivity index (χ1) is 20.8. The molecule has 0 atom stereocenters. The molecule has 0 spiro atoms. The third-order valence-corrected chi connectivity index (χ3v) is 10.9. The van der Waals surface area contributed by atoms with Crippen LogP contribution in [0.25, 0.3) is 90.1 Å². The SMILES string of the molecule is c1ccc2c(c1)oc1sc3ccc(-n4c5ccccc5c5cc(-c6cccc7c6sc6ccccc67)ccc54)cc3c12. The molecule has 0 N–H and O–H groups in total. The number of fused-ring (bicyclic) bond motifs is 11. The predicted octanol–water partition coefficient (Wildman–Crippen LogP) is 11.9. The van der Waals surface area contributed by atoms with E-state index in [0.29, 0.717) is 0 Å². The Labute approximate surface area is 248 Å². The van der Waals surface area contributed by atoms with Gasteiger partial charge in [0.2, 0.25) is 0 Å². The predicted molar refractivity (Wildman–Crippen MR) is 182 cm³/mol. The third-order valence-electron chi connectivity index (χ3n) is 8.64. The summed E-state index contributed by atoms with van der Waals surface area (Å²) < 4.78 is 12.6. The summed E-state index contributed by atoms with van der Waals surface area (Å²) in [7, 11) is 0. The summed E-state index contributed by atoms with van der Waals surface area (Å²) in [5.41, 5.74) is 7.09. The highest BCUT2D eigenvalue weighted by atomic mass is 32.1. The highest BCUT2D eigenvalue weighted by molar-refractivity contribution is 7.26. The van der Waals surface area contributed by atoms with Crippen LogP contribution in [0.2, 0.25) is 0 Å². The third kappa shape index (κ3) is 3.03. The van der Waals surface area contributed by atoms with Crippen molar-refractivity contribution in [1.29, 1.82) is 0 Å². The van der Waals surface area contributed by atoms with E-state index in [1.54, 1.807) is 11.3 Å². The number of furan rings is 1. The van der Waals surface area contributed by atoms with Crippen molar-refractivity contribution in [1.82, 2.24) is 4.57 Å². The summed E-state index contributed by atoms with van der Waals surface area (Å²) in [4.78, 5) is 0.991. The lowest BCUT2D eigenvalue weighted by Gasteiger charge is -2.09. The molecule has 0 aliphatic rings. The molecule has 0 aliphatic carbocycles. The topological polar surface area (TPSA) is 18.1 Å². The molecule has 4 heterocycles. The molecule has 0 saturated carbocycles. The van der Waals surface area contributed by atoms with Gasteiger partial charge in [-0.1, -0.05) is 90.2 Å². The molecule has 4 aromatic heterocycles.